The molecule has 0 unspecified atom stereocenters. The number of hydrogen-bond donors (Lipinski definition) is 0. The average molecular weight is 666 g/mol. The Bertz CT molecular complexity index is 3190. The van der Waals surface area contributed by atoms with Crippen molar-refractivity contribution >= 4 is 65.4 Å². The second-order valence-corrected chi connectivity index (χ2v) is 13.1. The van der Waals surface area contributed by atoms with Crippen LogP contribution >= 0.6 is 0 Å². The minimum atomic E-state index is 0.584. The van der Waals surface area contributed by atoms with E-state index in [0.717, 1.165) is 87.9 Å². The van der Waals surface area contributed by atoms with Crippen molar-refractivity contribution < 1.29 is 8.83 Å². The van der Waals surface area contributed by atoms with Crippen LogP contribution < -0.4 is 0 Å². The van der Waals surface area contributed by atoms with Crippen LogP contribution in [0, 0.1) is 0 Å². The van der Waals surface area contributed by atoms with E-state index in [2.05, 4.69) is 97.1 Å². The third-order valence-electron chi connectivity index (χ3n) is 10.1. The topological polar surface area (TPSA) is 65.0 Å². The zero-order valence-electron chi connectivity index (χ0n) is 27.7. The van der Waals surface area contributed by atoms with Crippen molar-refractivity contribution in [3.8, 4) is 45.3 Å². The molecule has 0 saturated carbocycles. The van der Waals surface area contributed by atoms with E-state index in [1.165, 1.54) is 5.39 Å². The van der Waals surface area contributed by atoms with Crippen molar-refractivity contribution in [1.82, 2.24) is 15.0 Å². The third-order valence-corrected chi connectivity index (χ3v) is 10.1. The van der Waals surface area contributed by atoms with E-state index in [1.807, 2.05) is 66.7 Å². The van der Waals surface area contributed by atoms with Gasteiger partial charge in [0, 0.05) is 38.2 Å². The molecule has 0 saturated heterocycles. The Morgan fingerprint density at radius 3 is 1.71 bits per heavy atom. The maximum atomic E-state index is 6.57. The molecule has 52 heavy (non-hydrogen) atoms. The maximum Gasteiger partial charge on any atom is 0.164 e. The lowest BCUT2D eigenvalue weighted by Gasteiger charge is -2.13. The molecule has 0 bridgehead atoms. The van der Waals surface area contributed by atoms with E-state index in [9.17, 15) is 0 Å². The molecule has 0 aliphatic rings. The predicted octanol–water partition coefficient (Wildman–Crippen LogP) is 12.6. The fourth-order valence-corrected chi connectivity index (χ4v) is 7.76. The molecule has 0 aliphatic carbocycles. The summed E-state index contributed by atoms with van der Waals surface area (Å²) in [5, 5.41) is 8.73. The zero-order chi connectivity index (χ0) is 34.2. The van der Waals surface area contributed by atoms with Gasteiger partial charge in [-0.25, -0.2) is 15.0 Å². The molecule has 242 valence electrons. The van der Waals surface area contributed by atoms with Crippen LogP contribution in [-0.4, -0.2) is 15.0 Å². The van der Waals surface area contributed by atoms with Gasteiger partial charge in [0.05, 0.1) is 0 Å². The normalized spacial score (nSPS) is 11.8. The van der Waals surface area contributed by atoms with Gasteiger partial charge < -0.3 is 8.83 Å². The highest BCUT2D eigenvalue weighted by Gasteiger charge is 2.21. The van der Waals surface area contributed by atoms with Crippen LogP contribution in [0.15, 0.2) is 173 Å². The van der Waals surface area contributed by atoms with E-state index >= 15 is 0 Å². The van der Waals surface area contributed by atoms with Crippen LogP contribution in [0.5, 0.6) is 0 Å². The van der Waals surface area contributed by atoms with Crippen molar-refractivity contribution in [1.29, 1.82) is 0 Å². The summed E-state index contributed by atoms with van der Waals surface area (Å²) in [5.74, 6) is 1.81. The summed E-state index contributed by atoms with van der Waals surface area (Å²) in [5.41, 5.74) is 8.21. The highest BCUT2D eigenvalue weighted by atomic mass is 16.3. The molecule has 0 spiro atoms. The van der Waals surface area contributed by atoms with Crippen molar-refractivity contribution in [2.45, 2.75) is 0 Å². The van der Waals surface area contributed by atoms with Crippen LogP contribution in [0.2, 0.25) is 0 Å². The summed E-state index contributed by atoms with van der Waals surface area (Å²) >= 11 is 0. The molecular weight excluding hydrogens is 639 g/mol. The first-order valence-corrected chi connectivity index (χ1v) is 17.4. The number of furan rings is 2. The summed E-state index contributed by atoms with van der Waals surface area (Å²) in [6, 6.07) is 56.2. The van der Waals surface area contributed by atoms with E-state index in [4.69, 9.17) is 23.8 Å². The minimum absolute atomic E-state index is 0.584. The number of para-hydroxylation sites is 1. The predicted molar refractivity (Wildman–Crippen MR) is 211 cm³/mol. The van der Waals surface area contributed by atoms with Crippen LogP contribution in [0.1, 0.15) is 0 Å². The average Bonchev–Trinajstić information content (AvgIpc) is 3.79. The number of rotatable bonds is 4. The van der Waals surface area contributed by atoms with Gasteiger partial charge in [0.25, 0.3) is 0 Å². The number of fused-ring (bicyclic) bond motifs is 9. The minimum Gasteiger partial charge on any atom is -0.456 e. The van der Waals surface area contributed by atoms with Gasteiger partial charge >= 0.3 is 0 Å². The molecule has 0 fully saturated rings. The lowest BCUT2D eigenvalue weighted by Crippen LogP contribution is -2.01. The Hall–Kier alpha value is -7.11. The van der Waals surface area contributed by atoms with Crippen LogP contribution in [-0.2, 0) is 0 Å². The smallest absolute Gasteiger partial charge is 0.164 e. The van der Waals surface area contributed by atoms with Gasteiger partial charge in [0.2, 0.25) is 0 Å². The second kappa shape index (κ2) is 11.2. The number of nitrogens with zero attached hydrogens (tertiary/aromatic N) is 3. The summed E-state index contributed by atoms with van der Waals surface area (Å²) < 4.78 is 12.7. The van der Waals surface area contributed by atoms with Gasteiger partial charge in [-0.2, -0.15) is 0 Å². The molecule has 0 aliphatic heterocycles. The van der Waals surface area contributed by atoms with E-state index in [1.54, 1.807) is 0 Å². The van der Waals surface area contributed by atoms with E-state index in [-0.39, 0.29) is 0 Å². The molecular formula is C47H27N3O2. The largest absolute Gasteiger partial charge is 0.456 e. The Morgan fingerprint density at radius 1 is 0.308 bits per heavy atom. The molecule has 3 heterocycles. The molecule has 0 radical (unpaired) electrons. The molecule has 11 rings (SSSR count). The summed E-state index contributed by atoms with van der Waals surface area (Å²) in [6.07, 6.45) is 0. The first-order chi connectivity index (χ1) is 25.8. The quantitative estimate of drug-likeness (QED) is 0.175. The summed E-state index contributed by atoms with van der Waals surface area (Å²) in [6.45, 7) is 0. The van der Waals surface area contributed by atoms with Crippen LogP contribution in [0.3, 0.4) is 0 Å². The molecule has 8 aromatic carbocycles. The number of benzene rings is 8. The zero-order valence-corrected chi connectivity index (χ0v) is 27.7. The SMILES string of the molecule is c1ccc(-c2nc(-c3cc4ccccc4c4ccccc34)nc(-c3cccc4oc5cccc(-c6ccc7oc8ccccc8c7c6)c5c34)n2)cc1. The Morgan fingerprint density at radius 2 is 0.885 bits per heavy atom. The van der Waals surface area contributed by atoms with Crippen molar-refractivity contribution in [3.05, 3.63) is 164 Å². The fourth-order valence-electron chi connectivity index (χ4n) is 7.76. The molecule has 0 amide bonds. The molecule has 11 aromatic rings. The lowest BCUT2D eigenvalue weighted by molar-refractivity contribution is 0.669. The molecule has 5 nitrogen and oxygen atoms in total. The second-order valence-electron chi connectivity index (χ2n) is 13.1. The summed E-state index contributed by atoms with van der Waals surface area (Å²) in [7, 11) is 0. The first-order valence-electron chi connectivity index (χ1n) is 17.4. The number of aromatic nitrogens is 3. The fraction of sp³-hybridized carbons (Fsp3) is 0. The number of hydrogen-bond acceptors (Lipinski definition) is 5. The Labute approximate surface area is 297 Å². The molecule has 5 heteroatoms. The highest BCUT2D eigenvalue weighted by molar-refractivity contribution is 6.18. The maximum absolute atomic E-state index is 6.57. The van der Waals surface area contributed by atoms with E-state index < -0.39 is 0 Å². The van der Waals surface area contributed by atoms with Crippen molar-refractivity contribution in [3.63, 3.8) is 0 Å². The first kappa shape index (κ1) is 28.7. The Balaban J connectivity index is 1.19. The van der Waals surface area contributed by atoms with Gasteiger partial charge in [-0.15, -0.1) is 0 Å². The monoisotopic (exact) mass is 665 g/mol. The van der Waals surface area contributed by atoms with Crippen LogP contribution in [0.25, 0.3) is 111 Å². The van der Waals surface area contributed by atoms with Crippen LogP contribution in [0.4, 0.5) is 0 Å². The van der Waals surface area contributed by atoms with Gasteiger partial charge in [-0.1, -0.05) is 127 Å². The van der Waals surface area contributed by atoms with Gasteiger partial charge in [0.15, 0.2) is 17.5 Å². The summed E-state index contributed by atoms with van der Waals surface area (Å²) in [4.78, 5) is 15.6. The van der Waals surface area contributed by atoms with Crippen molar-refractivity contribution in [2.75, 3.05) is 0 Å². The van der Waals surface area contributed by atoms with Crippen molar-refractivity contribution in [2.24, 2.45) is 0 Å². The highest BCUT2D eigenvalue weighted by Crippen LogP contribution is 2.43. The standard InChI is InChI=1S/C47H27N3O2/c1-2-12-28(13-3-1)45-48-46(50-47(49-45)38-27-29-14-4-5-15-31(29)33-16-6-7-17-34(33)38)36-20-11-23-42-44(36)43-32(19-10-22-41(43)52-42)30-24-25-40-37(26-30)35-18-8-9-21-39(35)51-40/h1-27H. The molecule has 3 aromatic heterocycles. The van der Waals surface area contributed by atoms with Gasteiger partial charge in [-0.3, -0.25) is 0 Å². The van der Waals surface area contributed by atoms with Gasteiger partial charge in [-0.05, 0) is 69.1 Å². The molecule has 0 atom stereocenters. The molecule has 0 N–H and O–H groups in total. The van der Waals surface area contributed by atoms with Gasteiger partial charge in [0.1, 0.15) is 22.3 Å². The lowest BCUT2D eigenvalue weighted by atomic mass is 9.95. The third kappa shape index (κ3) is 4.39. The van der Waals surface area contributed by atoms with E-state index in [0.29, 0.717) is 17.5 Å². The Kier molecular flexibility index (Phi) is 6.18.